The van der Waals surface area contributed by atoms with Crippen molar-refractivity contribution in [2.75, 3.05) is 38.5 Å². The van der Waals surface area contributed by atoms with Gasteiger partial charge in [-0.3, -0.25) is 14.2 Å². The molecule has 1 aliphatic heterocycles. The molecule has 2 aromatic heterocycles. The van der Waals surface area contributed by atoms with Crippen LogP contribution in [0.1, 0.15) is 30.9 Å². The summed E-state index contributed by atoms with van der Waals surface area (Å²) in [5.41, 5.74) is -0.0185. The van der Waals surface area contributed by atoms with Gasteiger partial charge in [-0.2, -0.15) is 0 Å². The summed E-state index contributed by atoms with van der Waals surface area (Å²) in [6.45, 7) is 3.61. The molecule has 2 N–H and O–H groups in total. The molecule has 14 heteroatoms. The van der Waals surface area contributed by atoms with E-state index in [2.05, 4.69) is 10.6 Å². The summed E-state index contributed by atoms with van der Waals surface area (Å²) in [5, 5.41) is 5.59. The molecule has 1 saturated heterocycles. The Morgan fingerprint density at radius 1 is 0.940 bits per heavy atom. The van der Waals surface area contributed by atoms with E-state index >= 15 is 8.78 Å². The van der Waals surface area contributed by atoms with Gasteiger partial charge < -0.3 is 20.4 Å². The lowest BCUT2D eigenvalue weighted by Crippen LogP contribution is -2.39. The van der Waals surface area contributed by atoms with Gasteiger partial charge >= 0.3 is 11.7 Å². The SMILES string of the molecule is CCNC(=O)Nc1ccc(-c2sc3c(c2CN(C)CCN2CCCC2=O)c(=O)n(-c2ccc(F)cc2)c(=O)n3Cc2c(F)cccc2F)cc1. The standard InChI is InChI=1S/C36H35F3N6O4S/c1-3-40-35(48)41-24-13-9-22(10-14-24)32-27(20-42(2)18-19-43-17-5-8-30(43)46)31-33(47)45(25-15-11-23(37)12-16-25)36(49)44(34(31)50-32)21-26-28(38)6-4-7-29(26)39/h4,6-7,9-16H,3,5,8,17-21H2,1-2H3,(H2,40,41,48). The van der Waals surface area contributed by atoms with Crippen molar-refractivity contribution in [1.29, 1.82) is 0 Å². The smallest absolute Gasteiger partial charge is 0.337 e. The molecule has 3 heterocycles. The number of halogens is 3. The fourth-order valence-corrected chi connectivity index (χ4v) is 7.38. The Hall–Kier alpha value is -5.21. The molecule has 5 aromatic rings. The number of hydrogen-bond acceptors (Lipinski definition) is 6. The van der Waals surface area contributed by atoms with E-state index in [-0.39, 0.29) is 40.0 Å². The first-order valence-corrected chi connectivity index (χ1v) is 17.0. The van der Waals surface area contributed by atoms with Crippen molar-refractivity contribution in [2.45, 2.75) is 32.9 Å². The number of urea groups is 1. The fraction of sp³-hybridized carbons (Fsp3) is 0.278. The van der Waals surface area contributed by atoms with Crippen LogP contribution in [0.4, 0.5) is 23.7 Å². The van der Waals surface area contributed by atoms with Crippen LogP contribution in [0.5, 0.6) is 0 Å². The van der Waals surface area contributed by atoms with Crippen LogP contribution in [0.15, 0.2) is 76.3 Å². The highest BCUT2D eigenvalue weighted by Gasteiger charge is 2.26. The van der Waals surface area contributed by atoms with E-state index in [9.17, 15) is 23.6 Å². The highest BCUT2D eigenvalue weighted by Crippen LogP contribution is 2.38. The molecule has 260 valence electrons. The van der Waals surface area contributed by atoms with Crippen LogP contribution < -0.4 is 21.9 Å². The van der Waals surface area contributed by atoms with Gasteiger partial charge in [0.2, 0.25) is 5.91 Å². The third-order valence-corrected chi connectivity index (χ3v) is 9.93. The highest BCUT2D eigenvalue weighted by molar-refractivity contribution is 7.22. The monoisotopic (exact) mass is 704 g/mol. The number of amides is 3. The Kier molecular flexibility index (Phi) is 10.2. The molecule has 3 aromatic carbocycles. The number of carbonyl (C=O) groups is 2. The molecular formula is C36H35F3N6O4S. The second-order valence-electron chi connectivity index (χ2n) is 12.1. The zero-order chi connectivity index (χ0) is 35.5. The number of likely N-dealkylation sites (N-methyl/N-ethyl adjacent to an activating group) is 1. The van der Waals surface area contributed by atoms with Crippen LogP contribution in [-0.2, 0) is 17.9 Å². The van der Waals surface area contributed by atoms with Gasteiger partial charge in [0.1, 0.15) is 22.3 Å². The topological polar surface area (TPSA) is 109 Å². The van der Waals surface area contributed by atoms with Crippen molar-refractivity contribution in [2.24, 2.45) is 0 Å². The minimum absolute atomic E-state index is 0.0893. The van der Waals surface area contributed by atoms with Gasteiger partial charge in [-0.25, -0.2) is 27.3 Å². The second kappa shape index (κ2) is 14.7. The number of benzene rings is 3. The lowest BCUT2D eigenvalue weighted by molar-refractivity contribution is -0.127. The first-order valence-electron chi connectivity index (χ1n) is 16.2. The molecule has 1 fully saturated rings. The maximum atomic E-state index is 15.0. The molecule has 50 heavy (non-hydrogen) atoms. The van der Waals surface area contributed by atoms with E-state index in [0.29, 0.717) is 54.3 Å². The van der Waals surface area contributed by atoms with E-state index in [1.54, 1.807) is 36.1 Å². The second-order valence-corrected chi connectivity index (χ2v) is 13.1. The number of hydrogen-bond donors (Lipinski definition) is 2. The molecule has 0 saturated carbocycles. The van der Waals surface area contributed by atoms with Gasteiger partial charge in [0, 0.05) is 55.3 Å². The Morgan fingerprint density at radius 2 is 1.64 bits per heavy atom. The van der Waals surface area contributed by atoms with Crippen LogP contribution in [0, 0.1) is 17.5 Å². The van der Waals surface area contributed by atoms with Crippen LogP contribution in [0.3, 0.4) is 0 Å². The van der Waals surface area contributed by atoms with Crippen LogP contribution in [-0.4, -0.2) is 64.1 Å². The minimum Gasteiger partial charge on any atom is -0.341 e. The van der Waals surface area contributed by atoms with Crippen molar-refractivity contribution in [1.82, 2.24) is 24.3 Å². The molecular weight excluding hydrogens is 669 g/mol. The summed E-state index contributed by atoms with van der Waals surface area (Å²) in [6.07, 6.45) is 1.31. The average Bonchev–Trinajstić information content (AvgIpc) is 3.67. The number of fused-ring (bicyclic) bond motifs is 1. The van der Waals surface area contributed by atoms with Gasteiger partial charge in [0.25, 0.3) is 5.56 Å². The van der Waals surface area contributed by atoms with Crippen LogP contribution in [0.25, 0.3) is 26.3 Å². The number of likely N-dealkylation sites (tertiary alicyclic amines) is 1. The first-order chi connectivity index (χ1) is 24.0. The van der Waals surface area contributed by atoms with Gasteiger partial charge in [-0.1, -0.05) is 18.2 Å². The molecule has 0 spiro atoms. The summed E-state index contributed by atoms with van der Waals surface area (Å²) >= 11 is 1.14. The molecule has 0 atom stereocenters. The number of nitrogens with one attached hydrogen (secondary N) is 2. The number of anilines is 1. The molecule has 10 nitrogen and oxygen atoms in total. The summed E-state index contributed by atoms with van der Waals surface area (Å²) in [7, 11) is 1.86. The van der Waals surface area contributed by atoms with E-state index in [4.69, 9.17) is 0 Å². The lowest BCUT2D eigenvalue weighted by atomic mass is 10.1. The molecule has 0 radical (unpaired) electrons. The Labute approximate surface area is 289 Å². The normalized spacial score (nSPS) is 13.1. The van der Waals surface area contributed by atoms with Crippen molar-refractivity contribution in [3.05, 3.63) is 116 Å². The predicted octanol–water partition coefficient (Wildman–Crippen LogP) is 5.54. The quantitative estimate of drug-likeness (QED) is 0.188. The summed E-state index contributed by atoms with van der Waals surface area (Å²) in [6, 6.07) is 14.8. The van der Waals surface area contributed by atoms with E-state index in [0.717, 1.165) is 46.6 Å². The van der Waals surface area contributed by atoms with Crippen LogP contribution >= 0.6 is 11.3 Å². The van der Waals surface area contributed by atoms with E-state index in [1.165, 1.54) is 22.8 Å². The number of thiophene rings is 1. The maximum absolute atomic E-state index is 15.0. The summed E-state index contributed by atoms with van der Waals surface area (Å²) < 4.78 is 46.1. The fourth-order valence-electron chi connectivity index (χ4n) is 6.07. The van der Waals surface area contributed by atoms with Gasteiger partial charge in [0.15, 0.2) is 0 Å². The zero-order valence-electron chi connectivity index (χ0n) is 27.5. The third-order valence-electron chi connectivity index (χ3n) is 8.63. The first kappa shape index (κ1) is 34.6. The summed E-state index contributed by atoms with van der Waals surface area (Å²) in [5.74, 6) is -2.19. The largest absolute Gasteiger partial charge is 0.341 e. The number of carbonyl (C=O) groups excluding carboxylic acids is 2. The minimum atomic E-state index is -0.854. The third kappa shape index (κ3) is 7.07. The average molecular weight is 705 g/mol. The Balaban J connectivity index is 1.55. The van der Waals surface area contributed by atoms with Crippen molar-refractivity contribution >= 4 is 39.2 Å². The maximum Gasteiger partial charge on any atom is 0.337 e. The lowest BCUT2D eigenvalue weighted by Gasteiger charge is -2.22. The number of nitrogens with zero attached hydrogens (tertiary/aromatic N) is 4. The Morgan fingerprint density at radius 3 is 2.28 bits per heavy atom. The van der Waals surface area contributed by atoms with Gasteiger partial charge in [0.05, 0.1) is 17.6 Å². The van der Waals surface area contributed by atoms with Gasteiger partial charge in [-0.05, 0) is 80.1 Å². The molecule has 3 amide bonds. The molecule has 1 aliphatic rings. The molecule has 0 bridgehead atoms. The van der Waals surface area contributed by atoms with E-state index < -0.39 is 35.2 Å². The van der Waals surface area contributed by atoms with E-state index in [1.807, 2.05) is 11.9 Å². The number of rotatable bonds is 11. The summed E-state index contributed by atoms with van der Waals surface area (Å²) in [4.78, 5) is 57.6. The molecule has 0 aliphatic carbocycles. The zero-order valence-corrected chi connectivity index (χ0v) is 28.3. The highest BCUT2D eigenvalue weighted by atomic mass is 32.1. The van der Waals surface area contributed by atoms with Crippen molar-refractivity contribution < 1.29 is 22.8 Å². The van der Waals surface area contributed by atoms with Crippen molar-refractivity contribution in [3.63, 3.8) is 0 Å². The predicted molar refractivity (Wildman–Crippen MR) is 187 cm³/mol. The van der Waals surface area contributed by atoms with Crippen LogP contribution in [0.2, 0.25) is 0 Å². The number of aromatic nitrogens is 2. The molecule has 6 rings (SSSR count). The van der Waals surface area contributed by atoms with Crippen molar-refractivity contribution in [3.8, 4) is 16.1 Å². The Bertz CT molecular complexity index is 2160. The molecule has 0 unspecified atom stereocenters. The van der Waals surface area contributed by atoms with Gasteiger partial charge in [-0.15, -0.1) is 11.3 Å².